The van der Waals surface area contributed by atoms with Gasteiger partial charge in [-0.1, -0.05) is 13.3 Å². The van der Waals surface area contributed by atoms with Crippen LogP contribution in [0.2, 0.25) is 0 Å². The van der Waals surface area contributed by atoms with E-state index < -0.39 is 24.5 Å². The molecule has 5 nitrogen and oxygen atoms in total. The molecule has 0 spiro atoms. The lowest BCUT2D eigenvalue weighted by Gasteiger charge is -2.15. The summed E-state index contributed by atoms with van der Waals surface area (Å²) in [5.74, 6) is -0.854. The van der Waals surface area contributed by atoms with Crippen molar-refractivity contribution in [2.75, 3.05) is 0 Å². The molecule has 0 aromatic rings. The summed E-state index contributed by atoms with van der Waals surface area (Å²) in [6, 6.07) is 0. The van der Waals surface area contributed by atoms with E-state index in [-0.39, 0.29) is 6.42 Å². The molecule has 0 saturated carbocycles. The van der Waals surface area contributed by atoms with E-state index >= 15 is 0 Å². The SMILES string of the molecule is CCCC(O)CCC(O)OC(=O)C(C)O. The summed E-state index contributed by atoms with van der Waals surface area (Å²) < 4.78 is 4.50. The van der Waals surface area contributed by atoms with Crippen LogP contribution in [0, 0.1) is 0 Å². The molecule has 0 heterocycles. The molecule has 3 N–H and O–H groups in total. The van der Waals surface area contributed by atoms with Crippen LogP contribution in [-0.2, 0) is 9.53 Å². The van der Waals surface area contributed by atoms with Gasteiger partial charge >= 0.3 is 5.97 Å². The highest BCUT2D eigenvalue weighted by atomic mass is 16.6. The van der Waals surface area contributed by atoms with Gasteiger partial charge in [-0.15, -0.1) is 0 Å². The van der Waals surface area contributed by atoms with Gasteiger partial charge in [0.15, 0.2) is 0 Å². The smallest absolute Gasteiger partial charge is 0.336 e. The van der Waals surface area contributed by atoms with Crippen LogP contribution in [0.25, 0.3) is 0 Å². The number of esters is 1. The largest absolute Gasteiger partial charge is 0.434 e. The van der Waals surface area contributed by atoms with E-state index in [9.17, 15) is 15.0 Å². The van der Waals surface area contributed by atoms with Crippen molar-refractivity contribution >= 4 is 5.97 Å². The third kappa shape index (κ3) is 7.30. The van der Waals surface area contributed by atoms with Crippen LogP contribution in [0.4, 0.5) is 0 Å². The Hall–Kier alpha value is -0.650. The Balaban J connectivity index is 3.65. The molecule has 0 aliphatic carbocycles. The van der Waals surface area contributed by atoms with Crippen LogP contribution in [0.1, 0.15) is 39.5 Å². The Morgan fingerprint density at radius 3 is 2.27 bits per heavy atom. The third-order valence-corrected chi connectivity index (χ3v) is 1.96. The standard InChI is InChI=1S/C10H20O5/c1-3-4-8(12)5-6-9(13)15-10(14)7(2)11/h7-9,11-13H,3-6H2,1-2H3. The Kier molecular flexibility index (Phi) is 7.29. The van der Waals surface area contributed by atoms with Crippen molar-refractivity contribution in [2.45, 2.75) is 58.0 Å². The van der Waals surface area contributed by atoms with Gasteiger partial charge in [-0.3, -0.25) is 0 Å². The normalized spacial score (nSPS) is 16.9. The van der Waals surface area contributed by atoms with Gasteiger partial charge in [0.1, 0.15) is 6.10 Å². The average Bonchev–Trinajstić information content (AvgIpc) is 2.15. The maximum Gasteiger partial charge on any atom is 0.336 e. The van der Waals surface area contributed by atoms with Gasteiger partial charge in [-0.05, 0) is 19.8 Å². The minimum absolute atomic E-state index is 0.180. The fourth-order valence-corrected chi connectivity index (χ4v) is 1.10. The van der Waals surface area contributed by atoms with E-state index in [1.807, 2.05) is 6.92 Å². The van der Waals surface area contributed by atoms with E-state index in [1.165, 1.54) is 6.92 Å². The zero-order valence-electron chi connectivity index (χ0n) is 9.22. The summed E-state index contributed by atoms with van der Waals surface area (Å²) in [6.07, 6.45) is -0.877. The summed E-state index contributed by atoms with van der Waals surface area (Å²) in [6.45, 7) is 3.22. The first-order valence-corrected chi connectivity index (χ1v) is 5.22. The molecule has 0 aromatic heterocycles. The molecule has 0 rings (SSSR count). The topological polar surface area (TPSA) is 87.0 Å². The summed E-state index contributed by atoms with van der Waals surface area (Å²) in [5.41, 5.74) is 0. The highest BCUT2D eigenvalue weighted by molar-refractivity contribution is 5.73. The first-order chi connectivity index (χ1) is 6.97. The Morgan fingerprint density at radius 1 is 1.20 bits per heavy atom. The van der Waals surface area contributed by atoms with Crippen molar-refractivity contribution in [3.8, 4) is 0 Å². The maximum atomic E-state index is 10.8. The third-order valence-electron chi connectivity index (χ3n) is 1.96. The molecule has 0 aromatic carbocycles. The predicted molar refractivity (Wildman–Crippen MR) is 53.9 cm³/mol. The number of hydrogen-bond donors (Lipinski definition) is 3. The van der Waals surface area contributed by atoms with Gasteiger partial charge in [0.2, 0.25) is 6.29 Å². The van der Waals surface area contributed by atoms with Crippen LogP contribution >= 0.6 is 0 Å². The van der Waals surface area contributed by atoms with Gasteiger partial charge in [-0.25, -0.2) is 4.79 Å². The van der Waals surface area contributed by atoms with Crippen molar-refractivity contribution in [1.82, 2.24) is 0 Å². The molecule has 0 saturated heterocycles. The molecule has 3 unspecified atom stereocenters. The molecule has 0 amide bonds. The van der Waals surface area contributed by atoms with Gasteiger partial charge in [0.25, 0.3) is 0 Å². The Bertz CT molecular complexity index is 181. The number of hydrogen-bond acceptors (Lipinski definition) is 5. The van der Waals surface area contributed by atoms with Gasteiger partial charge in [0.05, 0.1) is 6.10 Å². The van der Waals surface area contributed by atoms with Crippen molar-refractivity contribution in [3.63, 3.8) is 0 Å². The van der Waals surface area contributed by atoms with E-state index in [0.29, 0.717) is 12.8 Å². The Labute approximate surface area is 89.7 Å². The van der Waals surface area contributed by atoms with Crippen molar-refractivity contribution in [1.29, 1.82) is 0 Å². The fraction of sp³-hybridized carbons (Fsp3) is 0.900. The number of carbonyl (C=O) groups is 1. The second-order valence-electron chi connectivity index (χ2n) is 3.59. The molecule has 90 valence electrons. The van der Waals surface area contributed by atoms with Crippen LogP contribution in [0.5, 0.6) is 0 Å². The first kappa shape index (κ1) is 14.3. The molecular weight excluding hydrogens is 200 g/mol. The van der Waals surface area contributed by atoms with Crippen molar-refractivity contribution in [2.24, 2.45) is 0 Å². The Morgan fingerprint density at radius 2 is 1.80 bits per heavy atom. The summed E-state index contributed by atoms with van der Waals surface area (Å²) in [7, 11) is 0. The molecule has 0 bridgehead atoms. The number of ether oxygens (including phenoxy) is 1. The molecule has 0 fully saturated rings. The molecule has 3 atom stereocenters. The molecule has 0 radical (unpaired) electrons. The van der Waals surface area contributed by atoms with Crippen LogP contribution in [-0.4, -0.2) is 39.8 Å². The van der Waals surface area contributed by atoms with Crippen LogP contribution in [0.15, 0.2) is 0 Å². The van der Waals surface area contributed by atoms with E-state index in [0.717, 1.165) is 6.42 Å². The summed E-state index contributed by atoms with van der Waals surface area (Å²) in [5, 5.41) is 27.4. The fourth-order valence-electron chi connectivity index (χ4n) is 1.10. The lowest BCUT2D eigenvalue weighted by Crippen LogP contribution is -2.26. The van der Waals surface area contributed by atoms with Gasteiger partial charge in [0, 0.05) is 6.42 Å². The lowest BCUT2D eigenvalue weighted by atomic mass is 10.1. The van der Waals surface area contributed by atoms with Gasteiger partial charge < -0.3 is 20.1 Å². The minimum Gasteiger partial charge on any atom is -0.434 e. The minimum atomic E-state index is -1.25. The van der Waals surface area contributed by atoms with E-state index in [2.05, 4.69) is 4.74 Å². The summed E-state index contributed by atoms with van der Waals surface area (Å²) >= 11 is 0. The first-order valence-electron chi connectivity index (χ1n) is 5.22. The zero-order chi connectivity index (χ0) is 11.8. The molecule has 0 aliphatic heterocycles. The molecule has 5 heteroatoms. The predicted octanol–water partition coefficient (Wildman–Crippen LogP) is 0.170. The molecular formula is C10H20O5. The summed E-state index contributed by atoms with van der Waals surface area (Å²) in [4.78, 5) is 10.8. The second-order valence-corrected chi connectivity index (χ2v) is 3.59. The lowest BCUT2D eigenvalue weighted by molar-refractivity contribution is -0.178. The molecule has 15 heavy (non-hydrogen) atoms. The van der Waals surface area contributed by atoms with Crippen LogP contribution < -0.4 is 0 Å². The van der Waals surface area contributed by atoms with Gasteiger partial charge in [-0.2, -0.15) is 0 Å². The maximum absolute atomic E-state index is 10.8. The number of carbonyl (C=O) groups excluding carboxylic acids is 1. The number of aliphatic hydroxyl groups is 3. The molecule has 0 aliphatic rings. The van der Waals surface area contributed by atoms with Crippen molar-refractivity contribution in [3.05, 3.63) is 0 Å². The van der Waals surface area contributed by atoms with Crippen molar-refractivity contribution < 1.29 is 24.9 Å². The quantitative estimate of drug-likeness (QED) is 0.420. The highest BCUT2D eigenvalue weighted by Crippen LogP contribution is 2.08. The highest BCUT2D eigenvalue weighted by Gasteiger charge is 2.16. The monoisotopic (exact) mass is 220 g/mol. The average molecular weight is 220 g/mol. The van der Waals surface area contributed by atoms with E-state index in [1.54, 1.807) is 0 Å². The number of rotatable bonds is 7. The zero-order valence-corrected chi connectivity index (χ0v) is 9.22. The number of aliphatic hydroxyl groups excluding tert-OH is 3. The van der Waals surface area contributed by atoms with E-state index in [4.69, 9.17) is 5.11 Å². The second kappa shape index (κ2) is 7.62. The van der Waals surface area contributed by atoms with Crippen LogP contribution in [0.3, 0.4) is 0 Å².